The third kappa shape index (κ3) is 1.69. The fourth-order valence-electron chi connectivity index (χ4n) is 1.04. The lowest BCUT2D eigenvalue weighted by atomic mass is 10.1. The number of nitrogens with two attached hydrogens (primary N) is 2. The van der Waals surface area contributed by atoms with E-state index in [0.29, 0.717) is 22.8 Å². The molecule has 0 fully saturated rings. The summed E-state index contributed by atoms with van der Waals surface area (Å²) in [6.45, 7) is 0.221. The van der Waals surface area contributed by atoms with E-state index >= 15 is 0 Å². The van der Waals surface area contributed by atoms with Crippen LogP contribution >= 0.6 is 11.6 Å². The van der Waals surface area contributed by atoms with Crippen LogP contribution in [0.4, 0.5) is 5.69 Å². The highest BCUT2D eigenvalue weighted by molar-refractivity contribution is 6.30. The summed E-state index contributed by atoms with van der Waals surface area (Å²) in [6, 6.07) is 3.34. The van der Waals surface area contributed by atoms with Crippen molar-refractivity contribution in [1.29, 1.82) is 0 Å². The molecular weight excluding hydrogens is 176 g/mol. The van der Waals surface area contributed by atoms with Crippen LogP contribution in [0.1, 0.15) is 11.1 Å². The molecule has 0 bridgehead atoms. The second-order valence-corrected chi connectivity index (χ2v) is 2.94. The van der Waals surface area contributed by atoms with Crippen LogP contribution in [0.2, 0.25) is 5.02 Å². The predicted octanol–water partition coefficient (Wildman–Crippen LogP) is 0.873. The minimum atomic E-state index is -0.112. The van der Waals surface area contributed by atoms with Gasteiger partial charge in [0, 0.05) is 22.8 Å². The Morgan fingerprint density at radius 1 is 1.33 bits per heavy atom. The van der Waals surface area contributed by atoms with Gasteiger partial charge in [0.15, 0.2) is 0 Å². The monoisotopic (exact) mass is 186 g/mol. The maximum absolute atomic E-state index is 8.88. The van der Waals surface area contributed by atoms with Gasteiger partial charge in [0.05, 0.1) is 6.61 Å². The number of benzene rings is 1. The summed E-state index contributed by atoms with van der Waals surface area (Å²) in [4.78, 5) is 0. The van der Waals surface area contributed by atoms with Gasteiger partial charge in [-0.25, -0.2) is 0 Å². The van der Waals surface area contributed by atoms with Crippen LogP contribution in [0.5, 0.6) is 0 Å². The quantitative estimate of drug-likeness (QED) is 0.601. The average molecular weight is 187 g/mol. The summed E-state index contributed by atoms with van der Waals surface area (Å²) in [6.07, 6.45) is 0. The highest BCUT2D eigenvalue weighted by Gasteiger charge is 2.04. The molecule has 4 heteroatoms. The largest absolute Gasteiger partial charge is 0.398 e. The minimum Gasteiger partial charge on any atom is -0.398 e. The van der Waals surface area contributed by atoms with E-state index in [-0.39, 0.29) is 6.61 Å². The Kier molecular flexibility index (Phi) is 2.92. The number of hydrogen-bond acceptors (Lipinski definition) is 3. The van der Waals surface area contributed by atoms with Crippen LogP contribution in [0, 0.1) is 0 Å². The first kappa shape index (κ1) is 9.32. The van der Waals surface area contributed by atoms with E-state index in [9.17, 15) is 0 Å². The van der Waals surface area contributed by atoms with Gasteiger partial charge in [-0.15, -0.1) is 0 Å². The van der Waals surface area contributed by atoms with Crippen LogP contribution in [-0.2, 0) is 13.2 Å². The van der Waals surface area contributed by atoms with E-state index in [1.807, 2.05) is 0 Å². The molecule has 0 aliphatic carbocycles. The Morgan fingerprint density at radius 3 is 2.42 bits per heavy atom. The third-order valence-electron chi connectivity index (χ3n) is 1.71. The van der Waals surface area contributed by atoms with E-state index in [4.69, 9.17) is 28.2 Å². The minimum absolute atomic E-state index is 0.112. The van der Waals surface area contributed by atoms with Gasteiger partial charge < -0.3 is 16.6 Å². The summed E-state index contributed by atoms with van der Waals surface area (Å²) < 4.78 is 0. The smallest absolute Gasteiger partial charge is 0.0702 e. The number of aliphatic hydroxyl groups excluding tert-OH is 1. The van der Waals surface area contributed by atoms with E-state index in [0.717, 1.165) is 5.56 Å². The summed E-state index contributed by atoms with van der Waals surface area (Å²) in [5.41, 5.74) is 13.0. The number of halogens is 1. The number of aliphatic hydroxyl groups is 1. The van der Waals surface area contributed by atoms with Crippen molar-refractivity contribution < 1.29 is 5.11 Å². The van der Waals surface area contributed by atoms with Gasteiger partial charge in [0.1, 0.15) is 0 Å². The fourth-order valence-corrected chi connectivity index (χ4v) is 1.30. The first-order valence-electron chi connectivity index (χ1n) is 3.56. The molecule has 0 amide bonds. The number of anilines is 1. The second-order valence-electron chi connectivity index (χ2n) is 2.50. The van der Waals surface area contributed by atoms with Gasteiger partial charge in [-0.3, -0.25) is 0 Å². The summed E-state index contributed by atoms with van der Waals surface area (Å²) in [5, 5.41) is 9.43. The average Bonchev–Trinajstić information content (AvgIpc) is 2.08. The van der Waals surface area contributed by atoms with Crippen molar-refractivity contribution in [1.82, 2.24) is 0 Å². The van der Waals surface area contributed by atoms with Crippen molar-refractivity contribution in [2.24, 2.45) is 5.73 Å². The van der Waals surface area contributed by atoms with Crippen molar-refractivity contribution in [2.45, 2.75) is 13.2 Å². The molecule has 0 saturated heterocycles. The Morgan fingerprint density at radius 2 is 1.92 bits per heavy atom. The van der Waals surface area contributed by atoms with Crippen molar-refractivity contribution >= 4 is 17.3 Å². The molecule has 1 aromatic carbocycles. The molecule has 66 valence electrons. The normalized spacial score (nSPS) is 10.2. The van der Waals surface area contributed by atoms with Crippen molar-refractivity contribution in [3.05, 3.63) is 28.3 Å². The van der Waals surface area contributed by atoms with Gasteiger partial charge in [0.25, 0.3) is 0 Å². The van der Waals surface area contributed by atoms with Gasteiger partial charge in [-0.1, -0.05) is 11.6 Å². The van der Waals surface area contributed by atoms with Gasteiger partial charge in [-0.2, -0.15) is 0 Å². The lowest BCUT2D eigenvalue weighted by molar-refractivity contribution is 0.282. The summed E-state index contributed by atoms with van der Waals surface area (Å²) in [5.74, 6) is 0. The zero-order valence-electron chi connectivity index (χ0n) is 6.55. The highest BCUT2D eigenvalue weighted by atomic mass is 35.5. The molecule has 0 saturated carbocycles. The molecular formula is C8H11ClN2O. The highest BCUT2D eigenvalue weighted by Crippen LogP contribution is 2.22. The molecule has 0 aromatic heterocycles. The lowest BCUT2D eigenvalue weighted by Crippen LogP contribution is -2.04. The van der Waals surface area contributed by atoms with Crippen LogP contribution < -0.4 is 11.5 Å². The van der Waals surface area contributed by atoms with Crippen LogP contribution in [0.15, 0.2) is 12.1 Å². The maximum Gasteiger partial charge on any atom is 0.0702 e. The van der Waals surface area contributed by atoms with Crippen LogP contribution in [-0.4, -0.2) is 5.11 Å². The molecule has 0 atom stereocenters. The van der Waals surface area contributed by atoms with E-state index < -0.39 is 0 Å². The van der Waals surface area contributed by atoms with Crippen molar-refractivity contribution in [3.8, 4) is 0 Å². The fraction of sp³-hybridized carbons (Fsp3) is 0.250. The molecule has 3 nitrogen and oxygen atoms in total. The standard InChI is InChI=1S/C8H11ClN2O/c9-7-1-5(3-10)8(11)6(2-7)4-12/h1-2,12H,3-4,10-11H2. The van der Waals surface area contributed by atoms with E-state index in [2.05, 4.69) is 0 Å². The zero-order chi connectivity index (χ0) is 9.14. The molecule has 12 heavy (non-hydrogen) atoms. The first-order valence-corrected chi connectivity index (χ1v) is 3.94. The first-order chi connectivity index (χ1) is 5.69. The van der Waals surface area contributed by atoms with Crippen molar-refractivity contribution in [3.63, 3.8) is 0 Å². The second kappa shape index (κ2) is 3.76. The molecule has 0 heterocycles. The van der Waals surface area contributed by atoms with E-state index in [1.165, 1.54) is 0 Å². The molecule has 1 aromatic rings. The Balaban J connectivity index is 3.22. The Bertz CT molecular complexity index is 263. The summed E-state index contributed by atoms with van der Waals surface area (Å²) >= 11 is 5.76. The molecule has 0 unspecified atom stereocenters. The SMILES string of the molecule is NCc1cc(Cl)cc(CO)c1N. The van der Waals surface area contributed by atoms with Crippen LogP contribution in [0.25, 0.3) is 0 Å². The molecule has 0 aliphatic rings. The molecule has 0 spiro atoms. The molecule has 5 N–H and O–H groups in total. The summed E-state index contributed by atoms with van der Waals surface area (Å²) in [7, 11) is 0. The predicted molar refractivity (Wildman–Crippen MR) is 49.7 cm³/mol. The molecule has 1 rings (SSSR count). The number of hydrogen-bond donors (Lipinski definition) is 3. The van der Waals surface area contributed by atoms with Gasteiger partial charge >= 0.3 is 0 Å². The third-order valence-corrected chi connectivity index (χ3v) is 1.92. The van der Waals surface area contributed by atoms with Gasteiger partial charge in [0.2, 0.25) is 0 Å². The molecule has 0 radical (unpaired) electrons. The van der Waals surface area contributed by atoms with Gasteiger partial charge in [-0.05, 0) is 17.7 Å². The number of nitrogen functional groups attached to an aromatic ring is 1. The van der Waals surface area contributed by atoms with Crippen LogP contribution in [0.3, 0.4) is 0 Å². The van der Waals surface area contributed by atoms with Crippen molar-refractivity contribution in [2.75, 3.05) is 5.73 Å². The van der Waals surface area contributed by atoms with E-state index in [1.54, 1.807) is 12.1 Å². The molecule has 0 aliphatic heterocycles. The Hall–Kier alpha value is -0.770. The topological polar surface area (TPSA) is 72.3 Å². The Labute approximate surface area is 75.9 Å². The zero-order valence-corrected chi connectivity index (χ0v) is 7.30. The maximum atomic E-state index is 8.88. The number of rotatable bonds is 2. The lowest BCUT2D eigenvalue weighted by Gasteiger charge is -2.08.